The quantitative estimate of drug-likeness (QED) is 0.127. The second-order valence-corrected chi connectivity index (χ2v) is 22.2. The normalized spacial score (nSPS) is 12.4. The second kappa shape index (κ2) is 17.4. The number of fused-ring (bicyclic) bond motifs is 4. The van der Waals surface area contributed by atoms with E-state index in [0.717, 1.165) is 5.69 Å². The van der Waals surface area contributed by atoms with Crippen LogP contribution in [0, 0.1) is 0 Å². The van der Waals surface area contributed by atoms with Crippen LogP contribution in [0.5, 0.6) is 0 Å². The molecule has 0 spiro atoms. The van der Waals surface area contributed by atoms with E-state index in [2.05, 4.69) is 290 Å². The third kappa shape index (κ3) is 7.08. The number of hydrogen-bond acceptors (Lipinski definition) is 0. The molecule has 11 aromatic carbocycles. The van der Waals surface area contributed by atoms with Crippen molar-refractivity contribution >= 4 is 39.7 Å². The topological polar surface area (TPSA) is 4.93 Å². The first-order valence-electron chi connectivity index (χ1n) is 24.2. The molecule has 0 bridgehead atoms. The molecule has 0 atom stereocenters. The molecule has 1 nitrogen and oxygen atoms in total. The van der Waals surface area contributed by atoms with Crippen LogP contribution < -0.4 is 20.7 Å². The van der Waals surface area contributed by atoms with Crippen molar-refractivity contribution in [2.24, 2.45) is 0 Å². The SMILES string of the molecule is c1ccc(-c2ccc(-c3ccc(-c4ccc5c(c4)c(-c4ccc(-c6ccc(-c7ccccc7)cc6)cc4)cn5-c4ccc5c(c4)[Si](c4ccccc4)(c4ccccc4)c4ccccc4-5)cc3)cc2)cc1. The fourth-order valence-corrected chi connectivity index (χ4v) is 16.3. The molecule has 2 heterocycles. The second-order valence-electron chi connectivity index (χ2n) is 18.4. The maximum absolute atomic E-state index is 2.69. The maximum Gasteiger partial charge on any atom is 0.180 e. The molecule has 0 N–H and O–H groups in total. The van der Waals surface area contributed by atoms with Gasteiger partial charge in [-0.2, -0.15) is 0 Å². The monoisotopic (exact) mass is 905 g/mol. The lowest BCUT2D eigenvalue weighted by Gasteiger charge is -2.31. The highest BCUT2D eigenvalue weighted by Gasteiger charge is 2.48. The maximum atomic E-state index is 2.52. The van der Waals surface area contributed by atoms with Crippen molar-refractivity contribution < 1.29 is 0 Å². The third-order valence-corrected chi connectivity index (χ3v) is 19.5. The van der Waals surface area contributed by atoms with Gasteiger partial charge in [-0.05, 0) is 117 Å². The van der Waals surface area contributed by atoms with Crippen LogP contribution in [0.25, 0.3) is 94.5 Å². The Morgan fingerprint density at radius 3 is 1.10 bits per heavy atom. The molecule has 1 aromatic heterocycles. The summed E-state index contributed by atoms with van der Waals surface area (Å²) in [5.41, 5.74) is 19.5. The molecule has 0 radical (unpaired) electrons. The summed E-state index contributed by atoms with van der Waals surface area (Å²) in [7, 11) is -2.69. The van der Waals surface area contributed by atoms with Gasteiger partial charge >= 0.3 is 0 Å². The highest BCUT2D eigenvalue weighted by molar-refractivity contribution is 7.22. The predicted molar refractivity (Wildman–Crippen MR) is 299 cm³/mol. The van der Waals surface area contributed by atoms with E-state index in [-0.39, 0.29) is 0 Å². The van der Waals surface area contributed by atoms with E-state index < -0.39 is 8.07 Å². The summed E-state index contributed by atoms with van der Waals surface area (Å²) in [4.78, 5) is 0. The van der Waals surface area contributed by atoms with Gasteiger partial charge in [0.1, 0.15) is 0 Å². The first-order chi connectivity index (χ1) is 34.7. The summed E-state index contributed by atoms with van der Waals surface area (Å²) >= 11 is 0. The lowest BCUT2D eigenvalue weighted by molar-refractivity contribution is 1.13. The van der Waals surface area contributed by atoms with E-state index in [9.17, 15) is 0 Å². The Labute approximate surface area is 410 Å². The van der Waals surface area contributed by atoms with Crippen molar-refractivity contribution in [2.75, 3.05) is 0 Å². The summed E-state index contributed by atoms with van der Waals surface area (Å²) in [6, 6.07) is 103. The number of benzene rings is 11. The van der Waals surface area contributed by atoms with Gasteiger partial charge in [0, 0.05) is 22.8 Å². The Morgan fingerprint density at radius 1 is 0.243 bits per heavy atom. The summed E-state index contributed by atoms with van der Waals surface area (Å²) in [5, 5.41) is 6.90. The lowest BCUT2D eigenvalue weighted by atomic mass is 9.96. The molecule has 0 unspecified atom stereocenters. The molecular weight excluding hydrogens is 859 g/mol. The van der Waals surface area contributed by atoms with Gasteiger partial charge in [-0.3, -0.25) is 0 Å². The van der Waals surface area contributed by atoms with E-state index >= 15 is 0 Å². The highest BCUT2D eigenvalue weighted by Crippen LogP contribution is 2.39. The molecule has 0 aliphatic carbocycles. The first kappa shape index (κ1) is 41.4. The van der Waals surface area contributed by atoms with Gasteiger partial charge < -0.3 is 4.57 Å². The Bertz CT molecular complexity index is 3760. The average molecular weight is 906 g/mol. The van der Waals surface area contributed by atoms with E-state index in [1.807, 2.05) is 0 Å². The molecule has 0 amide bonds. The average Bonchev–Trinajstić information content (AvgIpc) is 3.98. The minimum absolute atomic E-state index is 1.16. The van der Waals surface area contributed by atoms with Crippen molar-refractivity contribution in [1.82, 2.24) is 4.57 Å². The third-order valence-electron chi connectivity index (χ3n) is 14.6. The smallest absolute Gasteiger partial charge is 0.180 e. The Hall–Kier alpha value is -8.82. The zero-order valence-electron chi connectivity index (χ0n) is 38.6. The van der Waals surface area contributed by atoms with Crippen LogP contribution in [0.3, 0.4) is 0 Å². The number of aromatic nitrogens is 1. The van der Waals surface area contributed by atoms with Crippen LogP contribution in [0.1, 0.15) is 0 Å². The van der Waals surface area contributed by atoms with E-state index in [0.29, 0.717) is 0 Å². The minimum atomic E-state index is -2.69. The zero-order chi connectivity index (χ0) is 46.4. The molecule has 1 aliphatic heterocycles. The van der Waals surface area contributed by atoms with Crippen LogP contribution in [-0.4, -0.2) is 12.6 Å². The molecule has 2 heteroatoms. The molecule has 1 aliphatic rings. The van der Waals surface area contributed by atoms with Crippen molar-refractivity contribution in [1.29, 1.82) is 0 Å². The van der Waals surface area contributed by atoms with Crippen LogP contribution in [-0.2, 0) is 0 Å². The van der Waals surface area contributed by atoms with E-state index in [1.54, 1.807) is 0 Å². The first-order valence-corrected chi connectivity index (χ1v) is 26.2. The van der Waals surface area contributed by atoms with Gasteiger partial charge in [0.2, 0.25) is 0 Å². The molecule has 13 rings (SSSR count). The fraction of sp³-hybridized carbons (Fsp3) is 0. The van der Waals surface area contributed by atoms with Gasteiger partial charge in [-0.15, -0.1) is 0 Å². The molecule has 0 fully saturated rings. The minimum Gasteiger partial charge on any atom is -0.316 e. The van der Waals surface area contributed by atoms with E-state index in [4.69, 9.17) is 0 Å². The summed E-state index contributed by atoms with van der Waals surface area (Å²) in [5.74, 6) is 0. The fourth-order valence-electron chi connectivity index (χ4n) is 11.1. The number of rotatable bonds is 9. The van der Waals surface area contributed by atoms with E-state index in [1.165, 1.54) is 110 Å². The van der Waals surface area contributed by atoms with Crippen LogP contribution in [0.15, 0.2) is 285 Å². The molecule has 12 aromatic rings. The van der Waals surface area contributed by atoms with Crippen molar-refractivity contribution in [3.05, 3.63) is 285 Å². The van der Waals surface area contributed by atoms with Gasteiger partial charge in [-0.25, -0.2) is 0 Å². The van der Waals surface area contributed by atoms with Gasteiger partial charge in [0.25, 0.3) is 0 Å². The predicted octanol–water partition coefficient (Wildman–Crippen LogP) is 15.0. The molecule has 0 saturated heterocycles. The Morgan fingerprint density at radius 2 is 0.614 bits per heavy atom. The van der Waals surface area contributed by atoms with Crippen LogP contribution >= 0.6 is 0 Å². The van der Waals surface area contributed by atoms with Gasteiger partial charge in [0.15, 0.2) is 8.07 Å². The highest BCUT2D eigenvalue weighted by atomic mass is 28.3. The summed E-state index contributed by atoms with van der Waals surface area (Å²) in [6.45, 7) is 0. The van der Waals surface area contributed by atoms with Crippen LogP contribution in [0.2, 0.25) is 0 Å². The van der Waals surface area contributed by atoms with Crippen molar-refractivity contribution in [3.63, 3.8) is 0 Å². The summed E-state index contributed by atoms with van der Waals surface area (Å²) in [6.07, 6.45) is 2.37. The number of hydrogen-bond donors (Lipinski definition) is 0. The van der Waals surface area contributed by atoms with Crippen LogP contribution in [0.4, 0.5) is 0 Å². The van der Waals surface area contributed by atoms with Gasteiger partial charge in [0.05, 0.1) is 5.52 Å². The van der Waals surface area contributed by atoms with Gasteiger partial charge in [-0.1, -0.05) is 255 Å². The summed E-state index contributed by atoms with van der Waals surface area (Å²) < 4.78 is 2.44. The number of nitrogens with zero attached hydrogens (tertiary/aromatic N) is 1. The van der Waals surface area contributed by atoms with Crippen molar-refractivity contribution in [2.45, 2.75) is 0 Å². The Balaban J connectivity index is 0.927. The standard InChI is InChI=1S/C68H47NSi/c1-5-15-48(16-6-1)50-25-29-52(30-26-50)54-33-35-56(36-34-54)58-41-44-66-64(45-58)65(57-39-37-55(38-40-57)53-31-27-51(28-32-53)49-17-7-2-8-18-49)47-69(66)59-42-43-63-62-23-13-14-24-67(62)70(68(63)46-59,60-19-9-3-10-20-60)61-21-11-4-12-22-61/h1-47H. The lowest BCUT2D eigenvalue weighted by Crippen LogP contribution is -2.72. The molecule has 0 saturated carbocycles. The molecular formula is C68H47NSi. The molecule has 70 heavy (non-hydrogen) atoms. The molecule has 328 valence electrons. The largest absolute Gasteiger partial charge is 0.316 e. The zero-order valence-corrected chi connectivity index (χ0v) is 39.6. The van der Waals surface area contributed by atoms with Crippen molar-refractivity contribution in [3.8, 4) is 83.6 Å². The Kier molecular flexibility index (Phi) is 10.3.